The molecule has 2 aromatic rings. The Bertz CT molecular complexity index is 538. The normalized spacial score (nSPS) is 20.6. The number of hydrogen-bond acceptors (Lipinski definition) is 1. The zero-order chi connectivity index (χ0) is 10.4. The number of rotatable bonds is 0. The lowest BCUT2D eigenvalue weighted by atomic mass is 9.86. The molecule has 0 saturated carbocycles. The van der Waals surface area contributed by atoms with Crippen LogP contribution in [0.4, 0.5) is 0 Å². The fourth-order valence-electron chi connectivity index (χ4n) is 2.41. The number of hydrogen-bond donors (Lipinski definition) is 1. The minimum absolute atomic E-state index is 0.178. The van der Waals surface area contributed by atoms with Gasteiger partial charge in [-0.05, 0) is 18.9 Å². The van der Waals surface area contributed by atoms with E-state index in [1.165, 1.54) is 0 Å². The third kappa shape index (κ3) is 1.14. The highest BCUT2D eigenvalue weighted by atomic mass is 16.1. The molecule has 1 aromatic carbocycles. The second-order valence-corrected chi connectivity index (χ2v) is 4.33. The lowest BCUT2D eigenvalue weighted by Crippen LogP contribution is -2.19. The Labute approximate surface area is 88.3 Å². The Morgan fingerprint density at radius 2 is 2.13 bits per heavy atom. The van der Waals surface area contributed by atoms with Crippen molar-refractivity contribution in [2.75, 3.05) is 0 Å². The molecule has 1 atom stereocenters. The summed E-state index contributed by atoms with van der Waals surface area (Å²) >= 11 is 0. The summed E-state index contributed by atoms with van der Waals surface area (Å²) in [5.74, 6) is 0.477. The van der Waals surface area contributed by atoms with Gasteiger partial charge in [-0.15, -0.1) is 0 Å². The Hall–Kier alpha value is -1.57. The van der Waals surface area contributed by atoms with Gasteiger partial charge in [0.05, 0.1) is 0 Å². The SMILES string of the molecule is CC1CCc2[nH]c3ccccc3c2C1=O. The number of para-hydroxylation sites is 1. The fourth-order valence-corrected chi connectivity index (χ4v) is 2.41. The van der Waals surface area contributed by atoms with Crippen LogP contribution in [0.2, 0.25) is 0 Å². The molecule has 3 rings (SSSR count). The van der Waals surface area contributed by atoms with Gasteiger partial charge in [0.1, 0.15) is 0 Å². The number of Topliss-reactive ketones (excluding diaryl/α,β-unsaturated/α-hetero) is 1. The predicted octanol–water partition coefficient (Wildman–Crippen LogP) is 2.93. The maximum absolute atomic E-state index is 12.1. The zero-order valence-electron chi connectivity index (χ0n) is 8.71. The van der Waals surface area contributed by atoms with Gasteiger partial charge in [-0.3, -0.25) is 4.79 Å². The van der Waals surface area contributed by atoms with Gasteiger partial charge < -0.3 is 4.98 Å². The topological polar surface area (TPSA) is 32.9 Å². The standard InChI is InChI=1S/C13H13NO/c1-8-6-7-11-12(13(8)15)9-4-2-3-5-10(9)14-11/h2-5,8,14H,6-7H2,1H3. The van der Waals surface area contributed by atoms with Gasteiger partial charge in [-0.25, -0.2) is 0 Å². The van der Waals surface area contributed by atoms with Gasteiger partial charge in [0, 0.05) is 28.1 Å². The maximum Gasteiger partial charge on any atom is 0.168 e. The minimum Gasteiger partial charge on any atom is -0.358 e. The van der Waals surface area contributed by atoms with Crippen LogP contribution in [-0.4, -0.2) is 10.8 Å². The van der Waals surface area contributed by atoms with Crippen molar-refractivity contribution in [2.24, 2.45) is 5.92 Å². The van der Waals surface area contributed by atoms with Crippen LogP contribution in [0.3, 0.4) is 0 Å². The largest absolute Gasteiger partial charge is 0.358 e. The molecule has 15 heavy (non-hydrogen) atoms. The fraction of sp³-hybridized carbons (Fsp3) is 0.308. The Balaban J connectivity index is 2.34. The number of carbonyl (C=O) groups excluding carboxylic acids is 1. The van der Waals surface area contributed by atoms with E-state index in [0.717, 1.165) is 35.0 Å². The summed E-state index contributed by atoms with van der Waals surface area (Å²) in [7, 11) is 0. The number of aromatic nitrogens is 1. The predicted molar refractivity (Wildman–Crippen MR) is 60.1 cm³/mol. The molecule has 1 aliphatic carbocycles. The number of aryl methyl sites for hydroxylation is 1. The van der Waals surface area contributed by atoms with Crippen molar-refractivity contribution in [1.82, 2.24) is 4.98 Å². The molecule has 0 spiro atoms. The van der Waals surface area contributed by atoms with Crippen LogP contribution >= 0.6 is 0 Å². The average Bonchev–Trinajstić information content (AvgIpc) is 2.62. The van der Waals surface area contributed by atoms with Gasteiger partial charge in [-0.2, -0.15) is 0 Å². The molecule has 1 aliphatic rings. The van der Waals surface area contributed by atoms with Crippen molar-refractivity contribution in [3.63, 3.8) is 0 Å². The molecule has 2 heteroatoms. The smallest absolute Gasteiger partial charge is 0.168 e. The highest BCUT2D eigenvalue weighted by Gasteiger charge is 2.27. The van der Waals surface area contributed by atoms with E-state index in [1.807, 2.05) is 31.2 Å². The minimum atomic E-state index is 0.178. The molecule has 2 nitrogen and oxygen atoms in total. The van der Waals surface area contributed by atoms with Crippen molar-refractivity contribution in [1.29, 1.82) is 0 Å². The summed E-state index contributed by atoms with van der Waals surface area (Å²) < 4.78 is 0. The summed E-state index contributed by atoms with van der Waals surface area (Å²) in [5, 5.41) is 1.09. The second-order valence-electron chi connectivity index (χ2n) is 4.33. The van der Waals surface area contributed by atoms with Crippen LogP contribution in [0.1, 0.15) is 29.4 Å². The molecular formula is C13H13NO. The van der Waals surface area contributed by atoms with E-state index in [-0.39, 0.29) is 5.92 Å². The van der Waals surface area contributed by atoms with Crippen molar-refractivity contribution < 1.29 is 4.79 Å². The molecule has 0 amide bonds. The van der Waals surface area contributed by atoms with Crippen LogP contribution in [0, 0.1) is 5.92 Å². The van der Waals surface area contributed by atoms with Gasteiger partial charge in [0.2, 0.25) is 0 Å². The summed E-state index contributed by atoms with van der Waals surface area (Å²) in [6, 6.07) is 8.05. The average molecular weight is 199 g/mol. The first-order chi connectivity index (χ1) is 7.27. The maximum atomic E-state index is 12.1. The molecule has 1 heterocycles. The van der Waals surface area contributed by atoms with Gasteiger partial charge in [0.25, 0.3) is 0 Å². The highest BCUT2D eigenvalue weighted by molar-refractivity contribution is 6.10. The van der Waals surface area contributed by atoms with Crippen molar-refractivity contribution in [2.45, 2.75) is 19.8 Å². The van der Waals surface area contributed by atoms with E-state index >= 15 is 0 Å². The van der Waals surface area contributed by atoms with Crippen molar-refractivity contribution in [3.8, 4) is 0 Å². The molecule has 0 radical (unpaired) electrons. The van der Waals surface area contributed by atoms with Crippen LogP contribution in [0.5, 0.6) is 0 Å². The van der Waals surface area contributed by atoms with E-state index in [4.69, 9.17) is 0 Å². The Morgan fingerprint density at radius 1 is 1.33 bits per heavy atom. The molecule has 1 N–H and O–H groups in total. The van der Waals surface area contributed by atoms with E-state index in [2.05, 4.69) is 4.98 Å². The van der Waals surface area contributed by atoms with E-state index in [0.29, 0.717) is 5.78 Å². The first-order valence-electron chi connectivity index (χ1n) is 5.41. The molecule has 1 unspecified atom stereocenters. The van der Waals surface area contributed by atoms with Crippen molar-refractivity contribution in [3.05, 3.63) is 35.5 Å². The van der Waals surface area contributed by atoms with Crippen LogP contribution in [0.15, 0.2) is 24.3 Å². The van der Waals surface area contributed by atoms with Crippen molar-refractivity contribution >= 4 is 16.7 Å². The highest BCUT2D eigenvalue weighted by Crippen LogP contribution is 2.31. The number of H-pyrrole nitrogens is 1. The molecule has 0 bridgehead atoms. The third-order valence-corrected chi connectivity index (χ3v) is 3.31. The van der Waals surface area contributed by atoms with Crippen LogP contribution in [0.25, 0.3) is 10.9 Å². The quantitative estimate of drug-likeness (QED) is 0.695. The summed E-state index contributed by atoms with van der Waals surface area (Å²) in [5.41, 5.74) is 3.15. The van der Waals surface area contributed by atoms with E-state index < -0.39 is 0 Å². The molecule has 76 valence electrons. The summed E-state index contributed by atoms with van der Waals surface area (Å²) in [6.07, 6.45) is 1.97. The molecule has 0 aliphatic heterocycles. The monoisotopic (exact) mass is 199 g/mol. The Kier molecular flexibility index (Phi) is 1.72. The Morgan fingerprint density at radius 3 is 3.00 bits per heavy atom. The molecule has 1 aromatic heterocycles. The second kappa shape index (κ2) is 2.96. The molecule has 0 saturated heterocycles. The van der Waals surface area contributed by atoms with Gasteiger partial charge in [-0.1, -0.05) is 25.1 Å². The molecule has 0 fully saturated rings. The summed E-state index contributed by atoms with van der Waals surface area (Å²) in [6.45, 7) is 2.02. The van der Waals surface area contributed by atoms with Crippen LogP contribution in [-0.2, 0) is 6.42 Å². The summed E-state index contributed by atoms with van der Waals surface area (Å²) in [4.78, 5) is 15.4. The number of ketones is 1. The zero-order valence-corrected chi connectivity index (χ0v) is 8.71. The number of fused-ring (bicyclic) bond motifs is 3. The van der Waals surface area contributed by atoms with E-state index in [9.17, 15) is 4.79 Å². The van der Waals surface area contributed by atoms with Gasteiger partial charge >= 0.3 is 0 Å². The first-order valence-corrected chi connectivity index (χ1v) is 5.41. The number of nitrogens with one attached hydrogen (secondary N) is 1. The lowest BCUT2D eigenvalue weighted by molar-refractivity contribution is 0.0915. The third-order valence-electron chi connectivity index (χ3n) is 3.31. The van der Waals surface area contributed by atoms with Crippen LogP contribution < -0.4 is 0 Å². The first kappa shape index (κ1) is 8.72. The van der Waals surface area contributed by atoms with Gasteiger partial charge in [0.15, 0.2) is 5.78 Å². The number of carbonyl (C=O) groups is 1. The number of aromatic amines is 1. The lowest BCUT2D eigenvalue weighted by Gasteiger charge is -2.16. The van der Waals surface area contributed by atoms with E-state index in [1.54, 1.807) is 0 Å². The molecular weight excluding hydrogens is 186 g/mol. The number of benzene rings is 1.